The number of ether oxygens (including phenoxy) is 2. The maximum Gasteiger partial charge on any atom is 0.347 e. The number of rotatable bonds is 5. The average molecular weight is 504 g/mol. The van der Waals surface area contributed by atoms with E-state index in [-0.39, 0.29) is 37.8 Å². The summed E-state index contributed by atoms with van der Waals surface area (Å²) in [5.74, 6) is -2.36. The van der Waals surface area contributed by atoms with Crippen molar-refractivity contribution in [1.29, 1.82) is 0 Å². The highest BCUT2D eigenvalue weighted by atomic mass is 16.6. The van der Waals surface area contributed by atoms with Crippen molar-refractivity contribution in [3.05, 3.63) is 35.2 Å². The molecule has 2 amide bonds. The van der Waals surface area contributed by atoms with Gasteiger partial charge in [0.2, 0.25) is 11.8 Å². The van der Waals surface area contributed by atoms with Crippen molar-refractivity contribution in [2.75, 3.05) is 13.1 Å². The summed E-state index contributed by atoms with van der Waals surface area (Å²) in [5.41, 5.74) is 1.58. The molecule has 1 aromatic heterocycles. The van der Waals surface area contributed by atoms with Gasteiger partial charge in [0.1, 0.15) is 11.9 Å². The lowest BCUT2D eigenvalue weighted by Gasteiger charge is -2.26. The molecule has 10 heteroatoms. The minimum atomic E-state index is -1.09. The van der Waals surface area contributed by atoms with Gasteiger partial charge >= 0.3 is 11.9 Å². The maximum absolute atomic E-state index is 13.1. The molecule has 1 aliphatic heterocycles. The molecule has 1 aromatic rings. The van der Waals surface area contributed by atoms with Crippen LogP contribution in [0.3, 0.4) is 0 Å². The number of cyclic esters (lactones) is 2. The Hall–Kier alpha value is -3.43. The molecule has 4 atom stereocenters. The summed E-state index contributed by atoms with van der Waals surface area (Å²) in [7, 11) is 0. The number of aromatic nitrogens is 1. The zero-order valence-electron chi connectivity index (χ0n) is 21.8. The molecule has 0 aliphatic carbocycles. The Bertz CT molecular complexity index is 976. The fraction of sp³-hybridized carbons (Fsp3) is 0.577. The lowest BCUT2D eigenvalue weighted by Crippen LogP contribution is -2.41. The molecule has 36 heavy (non-hydrogen) atoms. The van der Waals surface area contributed by atoms with E-state index < -0.39 is 41.9 Å². The summed E-state index contributed by atoms with van der Waals surface area (Å²) in [5, 5.41) is 9.00. The number of amides is 2. The largest absolute Gasteiger partial charge is 0.459 e. The minimum Gasteiger partial charge on any atom is -0.459 e. The van der Waals surface area contributed by atoms with Crippen LogP contribution in [0.4, 0.5) is 0 Å². The highest BCUT2D eigenvalue weighted by Crippen LogP contribution is 2.21. The van der Waals surface area contributed by atoms with Crippen molar-refractivity contribution >= 4 is 29.8 Å². The van der Waals surface area contributed by atoms with Gasteiger partial charge in [-0.2, -0.15) is 0 Å². The van der Waals surface area contributed by atoms with Gasteiger partial charge in [0.05, 0.1) is 18.2 Å². The van der Waals surface area contributed by atoms with Crippen LogP contribution in [-0.4, -0.2) is 54.2 Å². The number of nitrogens with one attached hydrogen (secondary N) is 2. The van der Waals surface area contributed by atoms with Crippen LogP contribution >= 0.6 is 0 Å². The maximum atomic E-state index is 13.1. The minimum absolute atomic E-state index is 0.0129. The summed E-state index contributed by atoms with van der Waals surface area (Å²) in [6.07, 6.45) is 5.43. The summed E-state index contributed by atoms with van der Waals surface area (Å²) in [6.45, 7) is 10.7. The standard InChI is InChI=1S/C26H37N3O7/c1-15(2)12-22-26(33)34-21(16(3)10-11-20-18(5)29-36-19(20)6)8-7-9-23(30)28-14-24(31)27-13-17(4)25(32)35-22/h7,9-11,15-17,21-22H,8,12-14H2,1-6H3,(H,27,31)(H,28,30)/b9-7?,11-10+. The van der Waals surface area contributed by atoms with E-state index in [1.54, 1.807) is 13.0 Å². The monoisotopic (exact) mass is 503 g/mol. The highest BCUT2D eigenvalue weighted by molar-refractivity contribution is 5.91. The fourth-order valence-electron chi connectivity index (χ4n) is 3.52. The Kier molecular flexibility index (Phi) is 10.9. The molecule has 2 heterocycles. The van der Waals surface area contributed by atoms with Crippen molar-refractivity contribution in [3.8, 4) is 0 Å². The predicted octanol–water partition coefficient (Wildman–Crippen LogP) is 2.64. The van der Waals surface area contributed by atoms with Crippen molar-refractivity contribution in [1.82, 2.24) is 15.8 Å². The topological polar surface area (TPSA) is 137 Å². The fourth-order valence-corrected chi connectivity index (χ4v) is 3.52. The van der Waals surface area contributed by atoms with Gasteiger partial charge in [-0.25, -0.2) is 4.79 Å². The molecule has 4 unspecified atom stereocenters. The van der Waals surface area contributed by atoms with Crippen LogP contribution in [0, 0.1) is 31.6 Å². The van der Waals surface area contributed by atoms with Crippen LogP contribution in [-0.2, 0) is 28.7 Å². The number of nitrogens with zero attached hydrogens (tertiary/aromatic N) is 1. The summed E-state index contributed by atoms with van der Waals surface area (Å²) >= 11 is 0. The van der Waals surface area contributed by atoms with Crippen molar-refractivity contribution < 1.29 is 33.2 Å². The molecular weight excluding hydrogens is 466 g/mol. The SMILES string of the molecule is Cc1noc(C)c1/C=C/C(C)C1CC=CC(=O)NCC(=O)NCC(C)C(=O)OC(CC(C)C)C(=O)O1. The Labute approximate surface area is 211 Å². The first-order chi connectivity index (χ1) is 17.0. The van der Waals surface area contributed by atoms with Crippen molar-refractivity contribution in [2.45, 2.75) is 66.6 Å². The van der Waals surface area contributed by atoms with Gasteiger partial charge in [-0.3, -0.25) is 14.4 Å². The molecule has 0 spiro atoms. The van der Waals surface area contributed by atoms with E-state index in [0.29, 0.717) is 5.76 Å². The van der Waals surface area contributed by atoms with Crippen LogP contribution in [0.25, 0.3) is 6.08 Å². The molecule has 2 N–H and O–H groups in total. The second-order valence-corrected chi connectivity index (χ2v) is 9.55. The molecule has 1 aliphatic rings. The Balaban J connectivity index is 2.31. The summed E-state index contributed by atoms with van der Waals surface area (Å²) < 4.78 is 16.6. The molecular formula is C26H37N3O7. The van der Waals surface area contributed by atoms with E-state index in [0.717, 1.165) is 11.3 Å². The molecule has 10 nitrogen and oxygen atoms in total. The molecule has 0 radical (unpaired) electrons. The number of carbonyl (C=O) groups is 4. The van der Waals surface area contributed by atoms with Crippen molar-refractivity contribution in [3.63, 3.8) is 0 Å². The summed E-state index contributed by atoms with van der Waals surface area (Å²) in [4.78, 5) is 49.9. The third kappa shape index (κ3) is 8.98. The van der Waals surface area contributed by atoms with Gasteiger partial charge in [0.25, 0.3) is 0 Å². The third-order valence-electron chi connectivity index (χ3n) is 5.78. The number of carbonyl (C=O) groups excluding carboxylic acids is 4. The zero-order chi connectivity index (χ0) is 26.8. The van der Waals surface area contributed by atoms with E-state index in [1.807, 2.05) is 46.8 Å². The number of hydrogen-bond donors (Lipinski definition) is 2. The quantitative estimate of drug-likeness (QED) is 0.585. The smallest absolute Gasteiger partial charge is 0.347 e. The van der Waals surface area contributed by atoms with E-state index in [9.17, 15) is 19.2 Å². The van der Waals surface area contributed by atoms with Gasteiger partial charge in [-0.05, 0) is 32.3 Å². The predicted molar refractivity (Wildman–Crippen MR) is 132 cm³/mol. The van der Waals surface area contributed by atoms with Gasteiger partial charge in [-0.1, -0.05) is 51.1 Å². The van der Waals surface area contributed by atoms with Crippen LogP contribution in [0.1, 0.15) is 57.6 Å². The van der Waals surface area contributed by atoms with Gasteiger partial charge in [0.15, 0.2) is 6.10 Å². The molecule has 0 saturated heterocycles. The molecule has 0 saturated carbocycles. The highest BCUT2D eigenvalue weighted by Gasteiger charge is 2.31. The lowest BCUT2D eigenvalue weighted by molar-refractivity contribution is -0.175. The molecule has 2 rings (SSSR count). The van der Waals surface area contributed by atoms with Gasteiger partial charge in [0, 0.05) is 24.4 Å². The van der Waals surface area contributed by atoms with Crippen molar-refractivity contribution in [2.24, 2.45) is 17.8 Å². The average Bonchev–Trinajstić information content (AvgIpc) is 3.14. The summed E-state index contributed by atoms with van der Waals surface area (Å²) in [6, 6.07) is 0. The van der Waals surface area contributed by atoms with Crippen LogP contribution in [0.15, 0.2) is 22.8 Å². The van der Waals surface area contributed by atoms with E-state index >= 15 is 0 Å². The van der Waals surface area contributed by atoms with E-state index in [1.165, 1.54) is 6.08 Å². The Morgan fingerprint density at radius 1 is 1.08 bits per heavy atom. The first kappa shape index (κ1) is 28.8. The normalized spacial score (nSPS) is 23.8. The third-order valence-corrected chi connectivity index (χ3v) is 5.78. The lowest BCUT2D eigenvalue weighted by atomic mass is 9.99. The van der Waals surface area contributed by atoms with E-state index in [2.05, 4.69) is 15.8 Å². The molecule has 0 aromatic carbocycles. The molecule has 0 fully saturated rings. The second-order valence-electron chi connectivity index (χ2n) is 9.55. The molecule has 0 bridgehead atoms. The van der Waals surface area contributed by atoms with Crippen LogP contribution in [0.5, 0.6) is 0 Å². The zero-order valence-corrected chi connectivity index (χ0v) is 21.8. The van der Waals surface area contributed by atoms with E-state index in [4.69, 9.17) is 14.0 Å². The number of aryl methyl sites for hydroxylation is 2. The Morgan fingerprint density at radius 3 is 2.44 bits per heavy atom. The van der Waals surface area contributed by atoms with Gasteiger partial charge < -0.3 is 24.6 Å². The Morgan fingerprint density at radius 2 is 1.81 bits per heavy atom. The van der Waals surface area contributed by atoms with Crippen LogP contribution in [0.2, 0.25) is 0 Å². The van der Waals surface area contributed by atoms with Gasteiger partial charge in [-0.15, -0.1) is 0 Å². The van der Waals surface area contributed by atoms with Crippen LogP contribution < -0.4 is 10.6 Å². The first-order valence-electron chi connectivity index (χ1n) is 12.2. The second kappa shape index (κ2) is 13.6. The number of hydrogen-bond acceptors (Lipinski definition) is 8. The molecule has 198 valence electrons. The first-order valence-corrected chi connectivity index (χ1v) is 12.2. The number of esters is 2.